The van der Waals surface area contributed by atoms with Crippen molar-refractivity contribution in [1.82, 2.24) is 4.98 Å². The Morgan fingerprint density at radius 3 is 2.29 bits per heavy atom. The van der Waals surface area contributed by atoms with E-state index < -0.39 is 9.84 Å². The molecule has 0 aliphatic carbocycles. The van der Waals surface area contributed by atoms with Crippen LogP contribution in [-0.2, 0) is 9.84 Å². The Morgan fingerprint density at radius 2 is 1.58 bits per heavy atom. The number of nitrogens with zero attached hydrogens (tertiary/aromatic N) is 1. The molecule has 1 heterocycles. The highest BCUT2D eigenvalue weighted by Gasteiger charge is 2.24. The van der Waals surface area contributed by atoms with E-state index in [0.29, 0.717) is 33.8 Å². The van der Waals surface area contributed by atoms with Gasteiger partial charge < -0.3 is 14.8 Å². The van der Waals surface area contributed by atoms with Crippen LogP contribution in [0.2, 0.25) is 0 Å². The van der Waals surface area contributed by atoms with Gasteiger partial charge in [-0.25, -0.2) is 8.42 Å². The summed E-state index contributed by atoms with van der Waals surface area (Å²) in [4.78, 5) is 4.69. The van der Waals surface area contributed by atoms with Crippen molar-refractivity contribution in [1.29, 1.82) is 0 Å². The Labute approximate surface area is 181 Å². The van der Waals surface area contributed by atoms with Crippen LogP contribution in [0.25, 0.3) is 10.9 Å². The van der Waals surface area contributed by atoms with Crippen molar-refractivity contribution in [2.75, 3.05) is 19.5 Å². The normalized spacial score (nSPS) is 11.3. The second-order valence-corrected chi connectivity index (χ2v) is 8.97. The van der Waals surface area contributed by atoms with E-state index in [1.807, 2.05) is 25.1 Å². The van der Waals surface area contributed by atoms with Gasteiger partial charge in [-0.05, 0) is 49.4 Å². The van der Waals surface area contributed by atoms with Gasteiger partial charge in [0.25, 0.3) is 0 Å². The number of pyridine rings is 1. The summed E-state index contributed by atoms with van der Waals surface area (Å²) in [5, 5.41) is 3.91. The third kappa shape index (κ3) is 4.04. The molecule has 0 unspecified atom stereocenters. The van der Waals surface area contributed by atoms with E-state index in [1.54, 1.807) is 62.8 Å². The fraction of sp³-hybridized carbons (Fsp3) is 0.125. The molecule has 0 aliphatic heterocycles. The van der Waals surface area contributed by atoms with Crippen LogP contribution in [0.15, 0.2) is 82.7 Å². The monoisotopic (exact) mass is 434 g/mol. The van der Waals surface area contributed by atoms with E-state index in [1.165, 1.54) is 6.20 Å². The average Bonchev–Trinajstić information content (AvgIpc) is 2.79. The first-order valence-corrected chi connectivity index (χ1v) is 11.1. The molecule has 31 heavy (non-hydrogen) atoms. The molecule has 0 fully saturated rings. The molecule has 4 rings (SSSR count). The van der Waals surface area contributed by atoms with Crippen LogP contribution in [0.1, 0.15) is 5.56 Å². The van der Waals surface area contributed by atoms with Crippen LogP contribution in [-0.4, -0.2) is 27.6 Å². The molecular weight excluding hydrogens is 412 g/mol. The predicted molar refractivity (Wildman–Crippen MR) is 121 cm³/mol. The molecule has 0 bridgehead atoms. The summed E-state index contributed by atoms with van der Waals surface area (Å²) in [6.45, 7) is 1.91. The van der Waals surface area contributed by atoms with Crippen molar-refractivity contribution >= 4 is 32.1 Å². The maximum atomic E-state index is 13.5. The highest BCUT2D eigenvalue weighted by Crippen LogP contribution is 2.37. The van der Waals surface area contributed by atoms with E-state index in [4.69, 9.17) is 9.47 Å². The molecule has 0 saturated carbocycles. The van der Waals surface area contributed by atoms with Crippen LogP contribution in [0, 0.1) is 6.92 Å². The average molecular weight is 435 g/mol. The number of methoxy groups -OCH3 is 2. The van der Waals surface area contributed by atoms with Crippen LogP contribution in [0.3, 0.4) is 0 Å². The van der Waals surface area contributed by atoms with Gasteiger partial charge in [0.15, 0.2) is 0 Å². The van der Waals surface area contributed by atoms with Gasteiger partial charge in [-0.15, -0.1) is 0 Å². The number of rotatable bonds is 6. The topological polar surface area (TPSA) is 77.5 Å². The van der Waals surface area contributed by atoms with Gasteiger partial charge in [0, 0.05) is 23.3 Å². The minimum absolute atomic E-state index is 0.0833. The molecule has 158 valence electrons. The first kappa shape index (κ1) is 20.7. The third-order valence-electron chi connectivity index (χ3n) is 5.00. The Bertz CT molecular complexity index is 1350. The first-order chi connectivity index (χ1) is 14.9. The maximum Gasteiger partial charge on any atom is 0.210 e. The zero-order valence-corrected chi connectivity index (χ0v) is 18.2. The number of hydrogen-bond donors (Lipinski definition) is 1. The van der Waals surface area contributed by atoms with Gasteiger partial charge in [0.1, 0.15) is 16.4 Å². The number of aryl methyl sites for hydroxylation is 1. The minimum atomic E-state index is -3.83. The number of aromatic nitrogens is 1. The lowest BCUT2D eigenvalue weighted by Crippen LogP contribution is -2.07. The molecule has 3 aromatic carbocycles. The van der Waals surface area contributed by atoms with Crippen LogP contribution >= 0.6 is 0 Å². The Hall–Kier alpha value is -3.58. The fourth-order valence-electron chi connectivity index (χ4n) is 3.30. The SMILES string of the molecule is COc1cccc(Nc2c(S(=O)(=O)c3ccc(C)cc3)cnc3ccc(OC)cc23)c1. The molecule has 4 aromatic rings. The van der Waals surface area contributed by atoms with Gasteiger partial charge in [0.05, 0.1) is 30.3 Å². The minimum Gasteiger partial charge on any atom is -0.497 e. The predicted octanol–water partition coefficient (Wildman–Crippen LogP) is 5.14. The zero-order chi connectivity index (χ0) is 22.0. The lowest BCUT2D eigenvalue weighted by Gasteiger charge is -2.16. The van der Waals surface area contributed by atoms with Crippen molar-refractivity contribution in [3.05, 3.63) is 78.5 Å². The summed E-state index contributed by atoms with van der Waals surface area (Å²) in [6.07, 6.45) is 1.40. The summed E-state index contributed by atoms with van der Waals surface area (Å²) in [5.74, 6) is 1.26. The van der Waals surface area contributed by atoms with Crippen LogP contribution in [0.5, 0.6) is 11.5 Å². The van der Waals surface area contributed by atoms with E-state index in [9.17, 15) is 8.42 Å². The van der Waals surface area contributed by atoms with Crippen LogP contribution < -0.4 is 14.8 Å². The van der Waals surface area contributed by atoms with Gasteiger partial charge in [-0.3, -0.25) is 4.98 Å². The Morgan fingerprint density at radius 1 is 0.871 bits per heavy atom. The quantitative estimate of drug-likeness (QED) is 0.453. The molecule has 0 spiro atoms. The number of ether oxygens (including phenoxy) is 2. The Balaban J connectivity index is 1.96. The second kappa shape index (κ2) is 8.28. The van der Waals surface area contributed by atoms with E-state index in [0.717, 1.165) is 5.56 Å². The molecule has 1 N–H and O–H groups in total. The highest BCUT2D eigenvalue weighted by atomic mass is 32.2. The summed E-state index contributed by atoms with van der Waals surface area (Å²) in [5.41, 5.74) is 2.75. The molecular formula is C24H22N2O4S. The van der Waals surface area contributed by atoms with E-state index in [2.05, 4.69) is 10.3 Å². The Kier molecular flexibility index (Phi) is 5.52. The number of benzene rings is 3. The zero-order valence-electron chi connectivity index (χ0n) is 17.4. The number of fused-ring (bicyclic) bond motifs is 1. The van der Waals surface area contributed by atoms with Crippen molar-refractivity contribution in [3.8, 4) is 11.5 Å². The lowest BCUT2D eigenvalue weighted by molar-refractivity contribution is 0.415. The highest BCUT2D eigenvalue weighted by molar-refractivity contribution is 7.91. The molecule has 0 aliphatic rings. The standard InChI is InChI=1S/C24H22N2O4S/c1-16-7-10-20(11-8-16)31(27,28)23-15-25-22-12-9-19(30-3)14-21(22)24(23)26-17-5-4-6-18(13-17)29-2/h4-15H,1-3H3,(H,25,26). The van der Waals surface area contributed by atoms with Gasteiger partial charge >= 0.3 is 0 Å². The third-order valence-corrected chi connectivity index (χ3v) is 6.78. The molecule has 0 amide bonds. The van der Waals surface area contributed by atoms with Crippen molar-refractivity contribution in [2.24, 2.45) is 0 Å². The van der Waals surface area contributed by atoms with E-state index in [-0.39, 0.29) is 9.79 Å². The fourth-order valence-corrected chi connectivity index (χ4v) is 4.67. The summed E-state index contributed by atoms with van der Waals surface area (Å²) in [7, 11) is -0.682. The van der Waals surface area contributed by atoms with Crippen molar-refractivity contribution in [3.63, 3.8) is 0 Å². The number of sulfone groups is 1. The molecule has 1 aromatic heterocycles. The smallest absolute Gasteiger partial charge is 0.210 e. The van der Waals surface area contributed by atoms with Crippen LogP contribution in [0.4, 0.5) is 11.4 Å². The van der Waals surface area contributed by atoms with Gasteiger partial charge in [-0.2, -0.15) is 0 Å². The van der Waals surface area contributed by atoms with Crippen molar-refractivity contribution in [2.45, 2.75) is 16.7 Å². The molecule has 0 radical (unpaired) electrons. The number of nitrogens with one attached hydrogen (secondary N) is 1. The number of hydrogen-bond acceptors (Lipinski definition) is 6. The second-order valence-electron chi connectivity index (χ2n) is 7.05. The number of anilines is 2. The van der Waals surface area contributed by atoms with E-state index >= 15 is 0 Å². The molecule has 6 nitrogen and oxygen atoms in total. The summed E-state index contributed by atoms with van der Waals surface area (Å²) in [6, 6.07) is 19.4. The molecule has 0 saturated heterocycles. The largest absolute Gasteiger partial charge is 0.497 e. The first-order valence-electron chi connectivity index (χ1n) is 9.62. The van der Waals surface area contributed by atoms with Gasteiger partial charge in [-0.1, -0.05) is 23.8 Å². The van der Waals surface area contributed by atoms with Crippen molar-refractivity contribution < 1.29 is 17.9 Å². The van der Waals surface area contributed by atoms with Gasteiger partial charge in [0.2, 0.25) is 9.84 Å². The molecule has 7 heteroatoms. The summed E-state index contributed by atoms with van der Waals surface area (Å²) >= 11 is 0. The lowest BCUT2D eigenvalue weighted by atomic mass is 10.1. The maximum absolute atomic E-state index is 13.5. The molecule has 0 atom stereocenters. The summed E-state index contributed by atoms with van der Waals surface area (Å²) < 4.78 is 37.7.